The summed E-state index contributed by atoms with van der Waals surface area (Å²) in [7, 11) is 8.80. The van der Waals surface area contributed by atoms with E-state index in [0.29, 0.717) is 11.5 Å². The van der Waals surface area contributed by atoms with Crippen molar-refractivity contribution in [3.63, 3.8) is 0 Å². The molecule has 0 N–H and O–H groups in total. The predicted molar refractivity (Wildman–Crippen MR) is 123 cm³/mol. The lowest BCUT2D eigenvalue weighted by Crippen LogP contribution is -2.45. The third-order valence-electron chi connectivity index (χ3n) is 6.30. The van der Waals surface area contributed by atoms with Gasteiger partial charge in [-0.3, -0.25) is 0 Å². The SMILES string of the molecule is COC1=c2c[n+](C)c3c(ccc4c(-c5ccoc5)c(OC)c(OC)cc43)c2=CCC1OC. The van der Waals surface area contributed by atoms with Gasteiger partial charge in [0.05, 0.1) is 49.8 Å². The molecule has 0 amide bonds. The van der Waals surface area contributed by atoms with Crippen LogP contribution in [-0.4, -0.2) is 34.5 Å². The van der Waals surface area contributed by atoms with Gasteiger partial charge in [-0.15, -0.1) is 0 Å². The van der Waals surface area contributed by atoms with E-state index in [9.17, 15) is 0 Å². The van der Waals surface area contributed by atoms with Crippen molar-refractivity contribution in [3.05, 3.63) is 53.4 Å². The quantitative estimate of drug-likeness (QED) is 0.358. The molecule has 1 aliphatic rings. The van der Waals surface area contributed by atoms with E-state index in [1.165, 1.54) is 0 Å². The summed E-state index contributed by atoms with van der Waals surface area (Å²) in [6.07, 6.45) is 8.43. The zero-order chi connectivity index (χ0) is 22.4. The van der Waals surface area contributed by atoms with Gasteiger partial charge in [0.2, 0.25) is 5.52 Å². The van der Waals surface area contributed by atoms with Crippen molar-refractivity contribution in [2.75, 3.05) is 28.4 Å². The number of aryl methyl sites for hydroxylation is 1. The Hall–Kier alpha value is -3.51. The topological polar surface area (TPSA) is 53.9 Å². The average molecular weight is 432 g/mol. The summed E-state index contributed by atoms with van der Waals surface area (Å²) < 4.78 is 30.4. The van der Waals surface area contributed by atoms with Crippen LogP contribution in [0.4, 0.5) is 0 Å². The van der Waals surface area contributed by atoms with E-state index in [1.54, 1.807) is 41.0 Å². The minimum atomic E-state index is -0.0811. The van der Waals surface area contributed by atoms with Crippen LogP contribution in [0.3, 0.4) is 0 Å². The van der Waals surface area contributed by atoms with Crippen molar-refractivity contribution in [2.24, 2.45) is 7.05 Å². The van der Waals surface area contributed by atoms with Crippen molar-refractivity contribution in [2.45, 2.75) is 12.5 Å². The number of fused-ring (bicyclic) bond motifs is 5. The van der Waals surface area contributed by atoms with Gasteiger partial charge in [0.15, 0.2) is 17.7 Å². The fraction of sp³-hybridized carbons (Fsp3) is 0.269. The lowest BCUT2D eigenvalue weighted by molar-refractivity contribution is -0.644. The Balaban J connectivity index is 1.97. The third kappa shape index (κ3) is 2.87. The van der Waals surface area contributed by atoms with Crippen LogP contribution >= 0.6 is 0 Å². The van der Waals surface area contributed by atoms with Gasteiger partial charge in [-0.2, -0.15) is 4.57 Å². The largest absolute Gasteiger partial charge is 0.497 e. The Morgan fingerprint density at radius 1 is 0.969 bits per heavy atom. The maximum absolute atomic E-state index is 5.77. The first kappa shape index (κ1) is 20.4. The second-order valence-corrected chi connectivity index (χ2v) is 7.86. The molecular formula is C26H26NO5+. The molecule has 5 rings (SSSR count). The normalized spacial score (nSPS) is 15.5. The number of benzene rings is 2. The number of pyridine rings is 1. The minimum absolute atomic E-state index is 0.0811. The molecular weight excluding hydrogens is 406 g/mol. The highest BCUT2D eigenvalue weighted by Crippen LogP contribution is 2.45. The molecule has 6 heteroatoms. The van der Waals surface area contributed by atoms with Gasteiger partial charge in [-0.05, 0) is 24.6 Å². The highest BCUT2D eigenvalue weighted by Gasteiger charge is 2.25. The molecule has 1 aliphatic carbocycles. The minimum Gasteiger partial charge on any atom is -0.497 e. The number of aromatic nitrogens is 1. The van der Waals surface area contributed by atoms with E-state index in [4.69, 9.17) is 23.4 Å². The first-order chi connectivity index (χ1) is 15.6. The smallest absolute Gasteiger partial charge is 0.220 e. The first-order valence-electron chi connectivity index (χ1n) is 10.5. The average Bonchev–Trinajstić information content (AvgIpc) is 3.35. The summed E-state index contributed by atoms with van der Waals surface area (Å²) in [6, 6.07) is 8.30. The summed E-state index contributed by atoms with van der Waals surface area (Å²) >= 11 is 0. The van der Waals surface area contributed by atoms with E-state index in [0.717, 1.165) is 55.4 Å². The molecule has 0 saturated carbocycles. The zero-order valence-corrected chi connectivity index (χ0v) is 18.9. The van der Waals surface area contributed by atoms with Gasteiger partial charge >= 0.3 is 0 Å². The molecule has 0 fully saturated rings. The second-order valence-electron chi connectivity index (χ2n) is 7.86. The van der Waals surface area contributed by atoms with Crippen LogP contribution in [0.2, 0.25) is 0 Å². The lowest BCUT2D eigenvalue weighted by Gasteiger charge is -2.20. The maximum Gasteiger partial charge on any atom is 0.220 e. The van der Waals surface area contributed by atoms with Gasteiger partial charge < -0.3 is 23.4 Å². The number of rotatable bonds is 5. The van der Waals surface area contributed by atoms with E-state index >= 15 is 0 Å². The summed E-state index contributed by atoms with van der Waals surface area (Å²) in [4.78, 5) is 0. The molecule has 2 heterocycles. The van der Waals surface area contributed by atoms with E-state index in [2.05, 4.69) is 36.0 Å². The highest BCUT2D eigenvalue weighted by atomic mass is 16.5. The number of ether oxygens (including phenoxy) is 4. The third-order valence-corrected chi connectivity index (χ3v) is 6.30. The van der Waals surface area contributed by atoms with Gasteiger partial charge in [0.1, 0.15) is 18.9 Å². The Bertz CT molecular complexity index is 1450. The number of hydrogen-bond donors (Lipinski definition) is 0. The van der Waals surface area contributed by atoms with Crippen molar-refractivity contribution in [3.8, 4) is 22.6 Å². The van der Waals surface area contributed by atoms with Crippen LogP contribution in [0, 0.1) is 0 Å². The number of hydrogen-bond acceptors (Lipinski definition) is 5. The molecule has 1 unspecified atom stereocenters. The molecule has 0 saturated heterocycles. The van der Waals surface area contributed by atoms with Crippen molar-refractivity contribution in [1.82, 2.24) is 0 Å². The van der Waals surface area contributed by atoms with Gasteiger partial charge in [-0.25, -0.2) is 0 Å². The number of furan rings is 1. The monoisotopic (exact) mass is 432 g/mol. The van der Waals surface area contributed by atoms with Gasteiger partial charge in [-0.1, -0.05) is 12.1 Å². The molecule has 2 aromatic carbocycles. The zero-order valence-electron chi connectivity index (χ0n) is 18.9. The Morgan fingerprint density at radius 3 is 2.44 bits per heavy atom. The molecule has 4 aromatic rings. The molecule has 0 aliphatic heterocycles. The van der Waals surface area contributed by atoms with Crippen LogP contribution in [0.1, 0.15) is 6.42 Å². The fourth-order valence-corrected chi connectivity index (χ4v) is 4.90. The lowest BCUT2D eigenvalue weighted by atomic mass is 9.94. The standard InChI is InChI=1S/C26H26NO5/c1-27-13-20-16(8-9-21(28-2)25(20)30-4)18-7-6-17-19(24(18)27)12-22(29-3)26(31-5)23(17)15-10-11-32-14-15/h6-8,10-14,21H,9H2,1-5H3/q+1. The van der Waals surface area contributed by atoms with Crippen molar-refractivity contribution < 1.29 is 27.9 Å². The van der Waals surface area contributed by atoms with Crippen LogP contribution in [0.25, 0.3) is 44.6 Å². The second kappa shape index (κ2) is 7.88. The Kier molecular flexibility index (Phi) is 5.02. The van der Waals surface area contributed by atoms with E-state index in [1.807, 2.05) is 12.1 Å². The van der Waals surface area contributed by atoms with Crippen molar-refractivity contribution in [1.29, 1.82) is 0 Å². The number of nitrogens with zero attached hydrogens (tertiary/aromatic N) is 1. The maximum atomic E-state index is 5.77. The van der Waals surface area contributed by atoms with E-state index in [-0.39, 0.29) is 6.10 Å². The Morgan fingerprint density at radius 2 is 1.78 bits per heavy atom. The predicted octanol–water partition coefficient (Wildman–Crippen LogP) is 3.05. The number of methoxy groups -OCH3 is 4. The molecule has 164 valence electrons. The first-order valence-corrected chi connectivity index (χ1v) is 10.5. The van der Waals surface area contributed by atoms with E-state index < -0.39 is 0 Å². The summed E-state index contributed by atoms with van der Waals surface area (Å²) in [5, 5.41) is 5.49. The fourth-order valence-electron chi connectivity index (χ4n) is 4.90. The molecule has 0 spiro atoms. The summed E-state index contributed by atoms with van der Waals surface area (Å²) in [5.74, 6) is 2.22. The van der Waals surface area contributed by atoms with Crippen molar-refractivity contribution >= 4 is 33.5 Å². The molecule has 0 radical (unpaired) electrons. The highest BCUT2D eigenvalue weighted by molar-refractivity contribution is 6.11. The van der Waals surface area contributed by atoms with Crippen LogP contribution in [0.5, 0.6) is 11.5 Å². The summed E-state index contributed by atoms with van der Waals surface area (Å²) in [6.45, 7) is 0. The summed E-state index contributed by atoms with van der Waals surface area (Å²) in [5.41, 5.74) is 2.99. The van der Waals surface area contributed by atoms with Crippen LogP contribution in [-0.2, 0) is 16.5 Å². The molecule has 32 heavy (non-hydrogen) atoms. The van der Waals surface area contributed by atoms with Crippen LogP contribution < -0.4 is 24.5 Å². The van der Waals surface area contributed by atoms with Crippen LogP contribution in [0.15, 0.2) is 47.4 Å². The Labute approximate surface area is 185 Å². The molecule has 1 atom stereocenters. The molecule has 0 bridgehead atoms. The molecule has 2 aromatic heterocycles. The van der Waals surface area contributed by atoms with Gasteiger partial charge in [0.25, 0.3) is 0 Å². The van der Waals surface area contributed by atoms with Gasteiger partial charge in [0, 0.05) is 28.8 Å². The molecule has 6 nitrogen and oxygen atoms in total.